The number of sulfonamides is 1. The molecule has 0 spiro atoms. The number of anilines is 2. The van der Waals surface area contributed by atoms with Gasteiger partial charge in [-0.05, 0) is 67.8 Å². The minimum atomic E-state index is -4.02. The van der Waals surface area contributed by atoms with Gasteiger partial charge in [0.15, 0.2) is 0 Å². The zero-order chi connectivity index (χ0) is 24.2. The minimum absolute atomic E-state index is 0.0857. The van der Waals surface area contributed by atoms with Crippen molar-refractivity contribution in [2.75, 3.05) is 23.3 Å². The van der Waals surface area contributed by atoms with Gasteiger partial charge in [0.25, 0.3) is 10.0 Å². The molecule has 1 amide bonds. The second-order valence-electron chi connectivity index (χ2n) is 7.68. The van der Waals surface area contributed by atoms with Crippen molar-refractivity contribution in [1.29, 1.82) is 0 Å². The van der Waals surface area contributed by atoms with Gasteiger partial charge in [-0.3, -0.25) is 9.10 Å². The Kier molecular flexibility index (Phi) is 7.18. The summed E-state index contributed by atoms with van der Waals surface area (Å²) in [7, 11) is -2.74. The molecule has 0 unspecified atom stereocenters. The predicted molar refractivity (Wildman–Crippen MR) is 128 cm³/mol. The van der Waals surface area contributed by atoms with Gasteiger partial charge < -0.3 is 10.1 Å². The topological polar surface area (TPSA) is 92.8 Å². The van der Waals surface area contributed by atoms with Gasteiger partial charge in [-0.25, -0.2) is 13.2 Å². The maximum Gasteiger partial charge on any atom is 0.337 e. The first-order valence-corrected chi connectivity index (χ1v) is 11.7. The molecule has 0 fully saturated rings. The Balaban J connectivity index is 1.99. The summed E-state index contributed by atoms with van der Waals surface area (Å²) in [5.41, 5.74) is 3.42. The molecule has 0 aromatic heterocycles. The zero-order valence-electron chi connectivity index (χ0n) is 19.0. The number of ether oxygens (including phenoxy) is 1. The first kappa shape index (κ1) is 24.0. The summed E-state index contributed by atoms with van der Waals surface area (Å²) in [5, 5.41) is 2.73. The van der Waals surface area contributed by atoms with E-state index in [1.807, 2.05) is 19.1 Å². The van der Waals surface area contributed by atoms with Gasteiger partial charge in [-0.2, -0.15) is 0 Å². The molecule has 7 nitrogen and oxygen atoms in total. The summed E-state index contributed by atoms with van der Waals surface area (Å²) in [6, 6.07) is 18.2. The lowest BCUT2D eigenvalue weighted by Crippen LogP contribution is -2.38. The van der Waals surface area contributed by atoms with Crippen LogP contribution >= 0.6 is 0 Å². The van der Waals surface area contributed by atoms with E-state index in [9.17, 15) is 18.0 Å². The molecule has 0 saturated heterocycles. The molecule has 0 heterocycles. The maximum atomic E-state index is 13.5. The van der Waals surface area contributed by atoms with E-state index >= 15 is 0 Å². The molecule has 3 rings (SSSR count). The Labute approximate surface area is 194 Å². The summed E-state index contributed by atoms with van der Waals surface area (Å²) in [4.78, 5) is 25.0. The minimum Gasteiger partial charge on any atom is -0.465 e. The Morgan fingerprint density at radius 1 is 0.909 bits per heavy atom. The molecule has 3 aromatic carbocycles. The fraction of sp³-hybridized carbons (Fsp3) is 0.200. The number of carbonyl (C=O) groups is 2. The molecule has 0 aliphatic heterocycles. The number of aryl methyl sites for hydroxylation is 3. The molecular formula is C25H26N2O5S. The van der Waals surface area contributed by atoms with Crippen LogP contribution in [0.5, 0.6) is 0 Å². The van der Waals surface area contributed by atoms with Gasteiger partial charge in [-0.1, -0.05) is 36.4 Å². The van der Waals surface area contributed by atoms with E-state index < -0.39 is 28.4 Å². The van der Waals surface area contributed by atoms with Crippen LogP contribution in [-0.2, 0) is 19.6 Å². The highest BCUT2D eigenvalue weighted by Crippen LogP contribution is 2.28. The lowest BCUT2D eigenvalue weighted by atomic mass is 10.1. The highest BCUT2D eigenvalue weighted by atomic mass is 32.2. The van der Waals surface area contributed by atoms with Gasteiger partial charge >= 0.3 is 5.97 Å². The van der Waals surface area contributed by atoms with Gasteiger partial charge in [0.05, 0.1) is 23.3 Å². The molecule has 0 radical (unpaired) electrons. The fourth-order valence-corrected chi connectivity index (χ4v) is 4.83. The van der Waals surface area contributed by atoms with Crippen molar-refractivity contribution in [3.63, 3.8) is 0 Å². The summed E-state index contributed by atoms with van der Waals surface area (Å²) >= 11 is 0. The van der Waals surface area contributed by atoms with Crippen LogP contribution in [0.3, 0.4) is 0 Å². The monoisotopic (exact) mass is 466 g/mol. The second-order valence-corrected chi connectivity index (χ2v) is 9.55. The van der Waals surface area contributed by atoms with Crippen LogP contribution in [0.1, 0.15) is 27.0 Å². The van der Waals surface area contributed by atoms with Crippen molar-refractivity contribution < 1.29 is 22.7 Å². The Morgan fingerprint density at radius 2 is 1.58 bits per heavy atom. The SMILES string of the molecule is COC(=O)c1ccc(C)c(NC(=O)CN(c2cc(C)ccc2C)S(=O)(=O)c2ccccc2)c1. The van der Waals surface area contributed by atoms with Gasteiger partial charge in [0.2, 0.25) is 5.91 Å². The zero-order valence-corrected chi connectivity index (χ0v) is 19.8. The summed E-state index contributed by atoms with van der Waals surface area (Å²) in [6.07, 6.45) is 0. The van der Waals surface area contributed by atoms with E-state index in [0.29, 0.717) is 11.4 Å². The van der Waals surface area contributed by atoms with Crippen LogP contribution in [0, 0.1) is 20.8 Å². The van der Waals surface area contributed by atoms with E-state index in [4.69, 9.17) is 4.74 Å². The summed E-state index contributed by atoms with van der Waals surface area (Å²) < 4.78 is 32.9. The molecule has 33 heavy (non-hydrogen) atoms. The Morgan fingerprint density at radius 3 is 2.24 bits per heavy atom. The van der Waals surface area contributed by atoms with Crippen LogP contribution < -0.4 is 9.62 Å². The van der Waals surface area contributed by atoms with E-state index in [1.165, 1.54) is 25.3 Å². The Bertz CT molecular complexity index is 1290. The number of carbonyl (C=O) groups excluding carboxylic acids is 2. The van der Waals surface area contributed by atoms with Crippen molar-refractivity contribution in [3.05, 3.63) is 89.0 Å². The largest absolute Gasteiger partial charge is 0.465 e. The number of hydrogen-bond donors (Lipinski definition) is 1. The van der Waals surface area contributed by atoms with E-state index in [2.05, 4.69) is 5.32 Å². The number of amides is 1. The van der Waals surface area contributed by atoms with Crippen LogP contribution in [0.25, 0.3) is 0 Å². The number of methoxy groups -OCH3 is 1. The first-order chi connectivity index (χ1) is 15.6. The lowest BCUT2D eigenvalue weighted by molar-refractivity contribution is -0.114. The number of benzene rings is 3. The fourth-order valence-electron chi connectivity index (χ4n) is 3.33. The average molecular weight is 467 g/mol. The van der Waals surface area contributed by atoms with Gasteiger partial charge in [0.1, 0.15) is 6.54 Å². The van der Waals surface area contributed by atoms with E-state index in [-0.39, 0.29) is 10.5 Å². The molecule has 0 atom stereocenters. The van der Waals surface area contributed by atoms with Crippen molar-refractivity contribution >= 4 is 33.3 Å². The van der Waals surface area contributed by atoms with Gasteiger partial charge in [-0.15, -0.1) is 0 Å². The first-order valence-electron chi connectivity index (χ1n) is 10.3. The van der Waals surface area contributed by atoms with Crippen molar-refractivity contribution in [1.82, 2.24) is 0 Å². The molecule has 1 N–H and O–H groups in total. The highest BCUT2D eigenvalue weighted by molar-refractivity contribution is 7.92. The molecule has 0 aliphatic carbocycles. The molecular weight excluding hydrogens is 440 g/mol. The average Bonchev–Trinajstić information content (AvgIpc) is 2.80. The van der Waals surface area contributed by atoms with Crippen LogP contribution in [0.15, 0.2) is 71.6 Å². The predicted octanol–water partition coefficient (Wildman–Crippen LogP) is 4.23. The van der Waals surface area contributed by atoms with E-state index in [0.717, 1.165) is 21.0 Å². The number of hydrogen-bond acceptors (Lipinski definition) is 5. The molecule has 3 aromatic rings. The van der Waals surface area contributed by atoms with Crippen LogP contribution in [0.2, 0.25) is 0 Å². The van der Waals surface area contributed by atoms with E-state index in [1.54, 1.807) is 50.2 Å². The molecule has 0 bridgehead atoms. The standard InChI is InChI=1S/C25H26N2O5S/c1-17-10-11-19(3)23(14-17)27(33(30,31)21-8-6-5-7-9-21)16-24(28)26-22-15-20(25(29)32-4)13-12-18(22)2/h5-15H,16H2,1-4H3,(H,26,28). The number of nitrogens with one attached hydrogen (secondary N) is 1. The lowest BCUT2D eigenvalue weighted by Gasteiger charge is -2.26. The van der Waals surface area contributed by atoms with Crippen molar-refractivity contribution in [3.8, 4) is 0 Å². The number of rotatable bonds is 7. The quantitative estimate of drug-likeness (QED) is 0.526. The van der Waals surface area contributed by atoms with Crippen LogP contribution in [-0.4, -0.2) is 33.9 Å². The molecule has 8 heteroatoms. The third kappa shape index (κ3) is 5.40. The van der Waals surface area contributed by atoms with Crippen molar-refractivity contribution in [2.45, 2.75) is 25.7 Å². The second kappa shape index (κ2) is 9.87. The maximum absolute atomic E-state index is 13.5. The number of nitrogens with zero attached hydrogens (tertiary/aromatic N) is 1. The normalized spacial score (nSPS) is 11.0. The summed E-state index contributed by atoms with van der Waals surface area (Å²) in [6.45, 7) is 4.99. The third-order valence-corrected chi connectivity index (χ3v) is 6.96. The summed E-state index contributed by atoms with van der Waals surface area (Å²) in [5.74, 6) is -1.07. The molecule has 172 valence electrons. The van der Waals surface area contributed by atoms with Crippen LogP contribution in [0.4, 0.5) is 11.4 Å². The van der Waals surface area contributed by atoms with Crippen molar-refractivity contribution in [2.24, 2.45) is 0 Å². The smallest absolute Gasteiger partial charge is 0.337 e. The third-order valence-electron chi connectivity index (χ3n) is 5.18. The Hall–Kier alpha value is -3.65. The number of esters is 1. The van der Waals surface area contributed by atoms with Gasteiger partial charge in [0, 0.05) is 5.69 Å². The highest BCUT2D eigenvalue weighted by Gasteiger charge is 2.28. The molecule has 0 saturated carbocycles. The molecule has 0 aliphatic rings.